The number of carbonyl (C=O) groups excluding carboxylic acids is 1. The van der Waals surface area contributed by atoms with E-state index < -0.39 is 0 Å². The lowest BCUT2D eigenvalue weighted by Crippen LogP contribution is -1.98. The van der Waals surface area contributed by atoms with E-state index in [0.29, 0.717) is 17.3 Å². The van der Waals surface area contributed by atoms with Gasteiger partial charge in [0.1, 0.15) is 6.29 Å². The molecule has 1 aromatic carbocycles. The van der Waals surface area contributed by atoms with Crippen molar-refractivity contribution in [3.05, 3.63) is 35.9 Å². The van der Waals surface area contributed by atoms with Gasteiger partial charge in [0.15, 0.2) is 0 Å². The largest absolute Gasteiger partial charge is 0.303 e. The summed E-state index contributed by atoms with van der Waals surface area (Å²) in [7, 11) is 0. The molecule has 1 spiro atoms. The second kappa shape index (κ2) is 3.19. The van der Waals surface area contributed by atoms with Crippen LogP contribution in [0.2, 0.25) is 0 Å². The maximum Gasteiger partial charge on any atom is 0.124 e. The standard InChI is InChI=1S/C14H16O/c15-10-12-13(11-6-2-1-3-7-11)14(12)8-4-5-9-14/h1-3,6-7,10,12-13H,4-5,8-9H2/t12-,13-/m1/s1. The van der Waals surface area contributed by atoms with Crippen molar-refractivity contribution in [1.82, 2.24) is 0 Å². The Kier molecular flexibility index (Phi) is 1.95. The van der Waals surface area contributed by atoms with Crippen LogP contribution in [0.4, 0.5) is 0 Å². The SMILES string of the molecule is O=C[C@@H]1[C@@H](c2ccccc2)C12CCCC2. The Morgan fingerprint density at radius 2 is 1.80 bits per heavy atom. The first kappa shape index (κ1) is 9.14. The normalized spacial score (nSPS) is 31.7. The number of hydrogen-bond donors (Lipinski definition) is 0. The van der Waals surface area contributed by atoms with Crippen LogP contribution in [0.5, 0.6) is 0 Å². The highest BCUT2D eigenvalue weighted by Gasteiger charge is 2.65. The summed E-state index contributed by atoms with van der Waals surface area (Å²) in [5.74, 6) is 0.834. The summed E-state index contributed by atoms with van der Waals surface area (Å²) in [6, 6.07) is 10.6. The van der Waals surface area contributed by atoms with E-state index in [1.165, 1.54) is 37.5 Å². The van der Waals surface area contributed by atoms with Crippen LogP contribution in [0.15, 0.2) is 30.3 Å². The molecular weight excluding hydrogens is 184 g/mol. The molecule has 78 valence electrons. The van der Waals surface area contributed by atoms with E-state index in [4.69, 9.17) is 0 Å². The first-order chi connectivity index (χ1) is 7.38. The second-order valence-corrected chi connectivity index (χ2v) is 4.99. The Labute approximate surface area is 90.5 Å². The minimum Gasteiger partial charge on any atom is -0.303 e. The van der Waals surface area contributed by atoms with Gasteiger partial charge in [-0.25, -0.2) is 0 Å². The van der Waals surface area contributed by atoms with Crippen molar-refractivity contribution >= 4 is 6.29 Å². The number of rotatable bonds is 2. The number of carbonyl (C=O) groups is 1. The Morgan fingerprint density at radius 1 is 1.13 bits per heavy atom. The number of hydrogen-bond acceptors (Lipinski definition) is 1. The van der Waals surface area contributed by atoms with Gasteiger partial charge in [-0.15, -0.1) is 0 Å². The van der Waals surface area contributed by atoms with Gasteiger partial charge in [0.05, 0.1) is 0 Å². The molecule has 0 bridgehead atoms. The zero-order valence-corrected chi connectivity index (χ0v) is 8.86. The van der Waals surface area contributed by atoms with Crippen molar-refractivity contribution in [3.8, 4) is 0 Å². The molecule has 2 fully saturated rings. The zero-order valence-electron chi connectivity index (χ0n) is 8.86. The molecule has 0 amide bonds. The van der Waals surface area contributed by atoms with Gasteiger partial charge < -0.3 is 4.79 Å². The van der Waals surface area contributed by atoms with Crippen molar-refractivity contribution in [1.29, 1.82) is 0 Å². The number of aldehydes is 1. The minimum absolute atomic E-state index is 0.308. The molecular formula is C14H16O. The van der Waals surface area contributed by atoms with Crippen LogP contribution in [-0.4, -0.2) is 6.29 Å². The van der Waals surface area contributed by atoms with Crippen molar-refractivity contribution in [2.75, 3.05) is 0 Å². The molecule has 2 atom stereocenters. The summed E-state index contributed by atoms with van der Waals surface area (Å²) in [4.78, 5) is 11.1. The van der Waals surface area contributed by atoms with Gasteiger partial charge in [0, 0.05) is 11.8 Å². The Hall–Kier alpha value is -1.11. The molecule has 2 aliphatic carbocycles. The molecule has 0 aliphatic heterocycles. The van der Waals surface area contributed by atoms with E-state index in [9.17, 15) is 4.79 Å². The van der Waals surface area contributed by atoms with E-state index >= 15 is 0 Å². The Morgan fingerprint density at radius 3 is 2.40 bits per heavy atom. The summed E-state index contributed by atoms with van der Waals surface area (Å²) in [5, 5.41) is 0. The van der Waals surface area contributed by atoms with Crippen LogP contribution in [0, 0.1) is 11.3 Å². The third-order valence-corrected chi connectivity index (χ3v) is 4.37. The lowest BCUT2D eigenvalue weighted by molar-refractivity contribution is -0.109. The van der Waals surface area contributed by atoms with Crippen LogP contribution >= 0.6 is 0 Å². The van der Waals surface area contributed by atoms with Gasteiger partial charge in [-0.1, -0.05) is 43.2 Å². The van der Waals surface area contributed by atoms with Gasteiger partial charge in [0.25, 0.3) is 0 Å². The van der Waals surface area contributed by atoms with Gasteiger partial charge in [0.2, 0.25) is 0 Å². The fourth-order valence-electron chi connectivity index (χ4n) is 3.61. The molecule has 0 heterocycles. The summed E-state index contributed by atoms with van der Waals surface area (Å²) in [5.41, 5.74) is 1.74. The van der Waals surface area contributed by atoms with E-state index in [0.717, 1.165) is 0 Å². The molecule has 2 saturated carbocycles. The summed E-state index contributed by atoms with van der Waals surface area (Å²) in [6.07, 6.45) is 6.34. The van der Waals surface area contributed by atoms with Crippen molar-refractivity contribution < 1.29 is 4.79 Å². The van der Waals surface area contributed by atoms with Crippen LogP contribution in [0.25, 0.3) is 0 Å². The highest BCUT2D eigenvalue weighted by atomic mass is 16.1. The molecule has 0 unspecified atom stereocenters. The molecule has 15 heavy (non-hydrogen) atoms. The molecule has 2 aliphatic rings. The lowest BCUT2D eigenvalue weighted by Gasteiger charge is -2.07. The summed E-state index contributed by atoms with van der Waals surface area (Å²) < 4.78 is 0. The molecule has 1 nitrogen and oxygen atoms in total. The van der Waals surface area contributed by atoms with Crippen molar-refractivity contribution in [2.45, 2.75) is 31.6 Å². The summed E-state index contributed by atoms with van der Waals surface area (Å²) >= 11 is 0. The Balaban J connectivity index is 1.92. The molecule has 0 saturated heterocycles. The molecule has 0 radical (unpaired) electrons. The van der Waals surface area contributed by atoms with Gasteiger partial charge in [-0.2, -0.15) is 0 Å². The quantitative estimate of drug-likeness (QED) is 0.670. The monoisotopic (exact) mass is 200 g/mol. The maximum absolute atomic E-state index is 11.1. The Bertz CT molecular complexity index is 362. The highest BCUT2D eigenvalue weighted by Crippen LogP contribution is 2.71. The predicted molar refractivity (Wildman–Crippen MR) is 59.6 cm³/mol. The molecule has 0 N–H and O–H groups in total. The van der Waals surface area contributed by atoms with E-state index in [2.05, 4.69) is 24.3 Å². The van der Waals surface area contributed by atoms with Crippen LogP contribution in [0.1, 0.15) is 37.2 Å². The molecule has 0 aromatic heterocycles. The van der Waals surface area contributed by atoms with E-state index in [-0.39, 0.29) is 0 Å². The fourth-order valence-corrected chi connectivity index (χ4v) is 3.61. The van der Waals surface area contributed by atoms with Crippen molar-refractivity contribution in [2.24, 2.45) is 11.3 Å². The smallest absolute Gasteiger partial charge is 0.124 e. The minimum atomic E-state index is 0.308. The number of benzene rings is 1. The first-order valence-corrected chi connectivity index (χ1v) is 5.89. The summed E-state index contributed by atoms with van der Waals surface area (Å²) in [6.45, 7) is 0. The topological polar surface area (TPSA) is 17.1 Å². The third-order valence-electron chi connectivity index (χ3n) is 4.37. The third kappa shape index (κ3) is 1.19. The highest BCUT2D eigenvalue weighted by molar-refractivity contribution is 5.65. The van der Waals surface area contributed by atoms with Crippen molar-refractivity contribution in [3.63, 3.8) is 0 Å². The van der Waals surface area contributed by atoms with Crippen LogP contribution in [0.3, 0.4) is 0 Å². The molecule has 1 aromatic rings. The lowest BCUT2D eigenvalue weighted by atomic mass is 9.97. The van der Waals surface area contributed by atoms with Crippen LogP contribution < -0.4 is 0 Å². The maximum atomic E-state index is 11.1. The molecule has 1 heteroatoms. The van der Waals surface area contributed by atoms with Gasteiger partial charge in [-0.05, 0) is 23.8 Å². The zero-order chi connectivity index (χ0) is 10.3. The fraction of sp³-hybridized carbons (Fsp3) is 0.500. The predicted octanol–water partition coefficient (Wildman–Crippen LogP) is 3.16. The van der Waals surface area contributed by atoms with E-state index in [1.807, 2.05) is 6.07 Å². The average molecular weight is 200 g/mol. The van der Waals surface area contributed by atoms with Gasteiger partial charge in [-0.3, -0.25) is 0 Å². The second-order valence-electron chi connectivity index (χ2n) is 4.99. The van der Waals surface area contributed by atoms with E-state index in [1.54, 1.807) is 0 Å². The average Bonchev–Trinajstić information content (AvgIpc) is 2.64. The van der Waals surface area contributed by atoms with Gasteiger partial charge >= 0.3 is 0 Å². The first-order valence-electron chi connectivity index (χ1n) is 5.89. The molecule has 3 rings (SSSR count). The van der Waals surface area contributed by atoms with Crippen LogP contribution in [-0.2, 0) is 4.79 Å².